The van der Waals surface area contributed by atoms with Crippen LogP contribution in [0.1, 0.15) is 44.6 Å². The van der Waals surface area contributed by atoms with E-state index in [1.54, 1.807) is 0 Å². The standard InChI is InChI=1S/C15H21NO/c1-12(13-8-4-2-5-9-13)15(16-17)14-10-6-3-7-11-14/h3,6-7,10-13,17H,2,4-5,8-9H2,1H3. The Morgan fingerprint density at radius 3 is 2.41 bits per heavy atom. The largest absolute Gasteiger partial charge is 0.411 e. The van der Waals surface area contributed by atoms with Gasteiger partial charge in [0.25, 0.3) is 0 Å². The minimum Gasteiger partial charge on any atom is -0.411 e. The van der Waals surface area contributed by atoms with Gasteiger partial charge in [-0.3, -0.25) is 0 Å². The van der Waals surface area contributed by atoms with E-state index >= 15 is 0 Å². The van der Waals surface area contributed by atoms with Crippen LogP contribution in [0.25, 0.3) is 0 Å². The Morgan fingerprint density at radius 2 is 1.82 bits per heavy atom. The lowest BCUT2D eigenvalue weighted by Crippen LogP contribution is -2.24. The van der Waals surface area contributed by atoms with Crippen LogP contribution in [0.15, 0.2) is 35.5 Å². The second kappa shape index (κ2) is 5.85. The molecule has 0 aromatic heterocycles. The maximum Gasteiger partial charge on any atom is 0.0898 e. The summed E-state index contributed by atoms with van der Waals surface area (Å²) in [6.07, 6.45) is 6.55. The lowest BCUT2D eigenvalue weighted by atomic mass is 9.77. The number of oxime groups is 1. The molecule has 1 saturated carbocycles. The van der Waals surface area contributed by atoms with Crippen molar-refractivity contribution in [2.75, 3.05) is 0 Å². The van der Waals surface area contributed by atoms with Crippen molar-refractivity contribution < 1.29 is 5.21 Å². The highest BCUT2D eigenvalue weighted by atomic mass is 16.4. The number of benzene rings is 1. The van der Waals surface area contributed by atoms with E-state index in [0.29, 0.717) is 11.8 Å². The van der Waals surface area contributed by atoms with Crippen molar-refractivity contribution in [1.82, 2.24) is 0 Å². The molecule has 0 spiro atoms. The van der Waals surface area contributed by atoms with Crippen molar-refractivity contribution >= 4 is 5.71 Å². The predicted molar refractivity (Wildman–Crippen MR) is 70.5 cm³/mol. The molecule has 0 saturated heterocycles. The third-order valence-electron chi connectivity index (χ3n) is 3.97. The normalized spacial score (nSPS) is 20.2. The minimum absolute atomic E-state index is 0.350. The van der Waals surface area contributed by atoms with Crippen molar-refractivity contribution in [3.63, 3.8) is 0 Å². The van der Waals surface area contributed by atoms with Gasteiger partial charge in [-0.05, 0) is 24.3 Å². The van der Waals surface area contributed by atoms with E-state index in [0.717, 1.165) is 11.3 Å². The molecule has 0 heterocycles. The Labute approximate surface area is 103 Å². The fourth-order valence-electron chi connectivity index (χ4n) is 2.88. The molecule has 1 aromatic carbocycles. The van der Waals surface area contributed by atoms with Crippen LogP contribution in [0.3, 0.4) is 0 Å². The minimum atomic E-state index is 0.350. The first-order valence-corrected chi connectivity index (χ1v) is 6.60. The Balaban J connectivity index is 2.13. The molecule has 1 aliphatic carbocycles. The predicted octanol–water partition coefficient (Wildman–Crippen LogP) is 4.08. The number of hydrogen-bond donors (Lipinski definition) is 1. The Morgan fingerprint density at radius 1 is 1.18 bits per heavy atom. The molecule has 1 atom stereocenters. The van der Waals surface area contributed by atoms with Crippen molar-refractivity contribution in [1.29, 1.82) is 0 Å². The molecule has 2 heteroatoms. The second-order valence-corrected chi connectivity index (χ2v) is 5.04. The summed E-state index contributed by atoms with van der Waals surface area (Å²) < 4.78 is 0. The second-order valence-electron chi connectivity index (χ2n) is 5.04. The fraction of sp³-hybridized carbons (Fsp3) is 0.533. The summed E-state index contributed by atoms with van der Waals surface area (Å²) in [5.41, 5.74) is 1.89. The molecule has 2 rings (SSSR count). The first kappa shape index (κ1) is 12.2. The molecule has 2 nitrogen and oxygen atoms in total. The molecule has 92 valence electrons. The van der Waals surface area contributed by atoms with Gasteiger partial charge in [0.15, 0.2) is 0 Å². The molecule has 0 aliphatic heterocycles. The van der Waals surface area contributed by atoms with Gasteiger partial charge in [0.1, 0.15) is 0 Å². The molecule has 0 amide bonds. The highest BCUT2D eigenvalue weighted by Gasteiger charge is 2.25. The van der Waals surface area contributed by atoms with Crippen LogP contribution in [0.5, 0.6) is 0 Å². The summed E-state index contributed by atoms with van der Waals surface area (Å²) >= 11 is 0. The Bertz CT molecular complexity index is 366. The van der Waals surface area contributed by atoms with Gasteiger partial charge < -0.3 is 5.21 Å². The Kier molecular flexibility index (Phi) is 4.18. The van der Waals surface area contributed by atoms with Crippen molar-refractivity contribution in [3.05, 3.63) is 35.9 Å². The van der Waals surface area contributed by atoms with Crippen LogP contribution in [0, 0.1) is 11.8 Å². The molecular formula is C15H21NO. The number of hydrogen-bond acceptors (Lipinski definition) is 2. The van der Waals surface area contributed by atoms with Gasteiger partial charge >= 0.3 is 0 Å². The maximum absolute atomic E-state index is 9.27. The SMILES string of the molecule is CC(C(=NO)c1ccccc1)C1CCCCC1. The molecule has 0 bridgehead atoms. The van der Waals surface area contributed by atoms with Gasteiger partial charge in [0.2, 0.25) is 0 Å². The van der Waals surface area contributed by atoms with E-state index in [1.807, 2.05) is 30.3 Å². The lowest BCUT2D eigenvalue weighted by Gasteiger charge is -2.28. The van der Waals surface area contributed by atoms with Gasteiger partial charge in [-0.2, -0.15) is 0 Å². The fourth-order valence-corrected chi connectivity index (χ4v) is 2.88. The van der Waals surface area contributed by atoms with Gasteiger partial charge in [-0.25, -0.2) is 0 Å². The zero-order valence-corrected chi connectivity index (χ0v) is 10.5. The number of nitrogens with zero attached hydrogens (tertiary/aromatic N) is 1. The summed E-state index contributed by atoms with van der Waals surface area (Å²) in [4.78, 5) is 0. The van der Waals surface area contributed by atoms with Crippen LogP contribution in [0.4, 0.5) is 0 Å². The van der Waals surface area contributed by atoms with Gasteiger partial charge in [0, 0.05) is 5.92 Å². The van der Waals surface area contributed by atoms with E-state index in [1.165, 1.54) is 32.1 Å². The van der Waals surface area contributed by atoms with Crippen LogP contribution < -0.4 is 0 Å². The average molecular weight is 231 g/mol. The van der Waals surface area contributed by atoms with Crippen LogP contribution in [0.2, 0.25) is 0 Å². The molecule has 1 aromatic rings. The zero-order chi connectivity index (χ0) is 12.1. The molecule has 1 unspecified atom stereocenters. The van der Waals surface area contributed by atoms with E-state index in [4.69, 9.17) is 0 Å². The Hall–Kier alpha value is -1.31. The average Bonchev–Trinajstić information content (AvgIpc) is 2.42. The van der Waals surface area contributed by atoms with Crippen LogP contribution >= 0.6 is 0 Å². The monoisotopic (exact) mass is 231 g/mol. The summed E-state index contributed by atoms with van der Waals surface area (Å²) in [6, 6.07) is 10.0. The third kappa shape index (κ3) is 2.87. The summed E-state index contributed by atoms with van der Waals surface area (Å²) in [5.74, 6) is 1.03. The molecule has 1 fully saturated rings. The van der Waals surface area contributed by atoms with Crippen molar-refractivity contribution in [3.8, 4) is 0 Å². The third-order valence-corrected chi connectivity index (χ3v) is 3.97. The van der Waals surface area contributed by atoms with Gasteiger partial charge in [0.05, 0.1) is 5.71 Å². The summed E-state index contributed by atoms with van der Waals surface area (Å²) in [7, 11) is 0. The highest BCUT2D eigenvalue weighted by Crippen LogP contribution is 2.31. The molecule has 0 radical (unpaired) electrons. The summed E-state index contributed by atoms with van der Waals surface area (Å²) in [6.45, 7) is 2.19. The first-order chi connectivity index (χ1) is 8.33. The van der Waals surface area contributed by atoms with Gasteiger partial charge in [-0.15, -0.1) is 0 Å². The van der Waals surface area contributed by atoms with Crippen LogP contribution in [-0.2, 0) is 0 Å². The zero-order valence-electron chi connectivity index (χ0n) is 10.5. The van der Waals surface area contributed by atoms with Crippen LogP contribution in [-0.4, -0.2) is 10.9 Å². The quantitative estimate of drug-likeness (QED) is 0.474. The molecule has 1 aliphatic rings. The molecule has 1 N–H and O–H groups in total. The van der Waals surface area contributed by atoms with Gasteiger partial charge in [-0.1, -0.05) is 61.7 Å². The number of rotatable bonds is 3. The first-order valence-electron chi connectivity index (χ1n) is 6.60. The van der Waals surface area contributed by atoms with E-state index in [-0.39, 0.29) is 0 Å². The van der Waals surface area contributed by atoms with Crippen molar-refractivity contribution in [2.45, 2.75) is 39.0 Å². The molecule has 17 heavy (non-hydrogen) atoms. The maximum atomic E-state index is 9.27. The van der Waals surface area contributed by atoms with E-state index < -0.39 is 0 Å². The topological polar surface area (TPSA) is 32.6 Å². The molecular weight excluding hydrogens is 210 g/mol. The smallest absolute Gasteiger partial charge is 0.0898 e. The summed E-state index contributed by atoms with van der Waals surface area (Å²) in [5, 5.41) is 12.8. The lowest BCUT2D eigenvalue weighted by molar-refractivity contribution is 0.288. The highest BCUT2D eigenvalue weighted by molar-refractivity contribution is 6.01. The van der Waals surface area contributed by atoms with E-state index in [2.05, 4.69) is 12.1 Å². The van der Waals surface area contributed by atoms with E-state index in [9.17, 15) is 5.21 Å². The van der Waals surface area contributed by atoms with Crippen molar-refractivity contribution in [2.24, 2.45) is 17.0 Å².